The molecule has 1 heterocycles. The molecule has 182 valence electrons. The van der Waals surface area contributed by atoms with Gasteiger partial charge < -0.3 is 14.8 Å². The highest BCUT2D eigenvalue weighted by Gasteiger charge is 2.51. The van der Waals surface area contributed by atoms with E-state index >= 15 is 0 Å². The normalized spacial score (nSPS) is 15.5. The van der Waals surface area contributed by atoms with Gasteiger partial charge in [0, 0.05) is 20.5 Å². The van der Waals surface area contributed by atoms with Crippen molar-refractivity contribution >= 4 is 11.7 Å². The smallest absolute Gasteiger partial charge is 0.416 e. The predicted molar refractivity (Wildman–Crippen MR) is 125 cm³/mol. The summed E-state index contributed by atoms with van der Waals surface area (Å²) in [6.45, 7) is 0.119. The number of fused-ring (bicyclic) bond motifs is 1. The molecule has 1 aliphatic carbocycles. The van der Waals surface area contributed by atoms with Gasteiger partial charge in [-0.25, -0.2) is 0 Å². The third kappa shape index (κ3) is 4.36. The fourth-order valence-electron chi connectivity index (χ4n) is 4.51. The number of ketones is 1. The predicted octanol–water partition coefficient (Wildman–Crippen LogP) is 5.55. The highest BCUT2D eigenvalue weighted by molar-refractivity contribution is 5.96. The molecule has 1 saturated carbocycles. The lowest BCUT2D eigenvalue weighted by Gasteiger charge is -2.17. The number of carbonyl (C=O) groups is 2. The van der Waals surface area contributed by atoms with E-state index in [1.54, 1.807) is 36.4 Å². The van der Waals surface area contributed by atoms with E-state index in [9.17, 15) is 22.8 Å². The van der Waals surface area contributed by atoms with Crippen LogP contribution < -0.4 is 14.8 Å². The molecule has 2 aliphatic rings. The van der Waals surface area contributed by atoms with Gasteiger partial charge >= 0.3 is 6.18 Å². The quantitative estimate of drug-likeness (QED) is 0.499. The highest BCUT2D eigenvalue weighted by atomic mass is 19.4. The number of rotatable bonds is 6. The van der Waals surface area contributed by atoms with Crippen LogP contribution in [0.4, 0.5) is 13.2 Å². The molecule has 0 bridgehead atoms. The number of benzene rings is 3. The number of halogens is 3. The van der Waals surface area contributed by atoms with Crippen molar-refractivity contribution in [2.24, 2.45) is 0 Å². The van der Waals surface area contributed by atoms with E-state index in [-0.39, 0.29) is 31.9 Å². The lowest BCUT2D eigenvalue weighted by atomic mass is 9.86. The maximum Gasteiger partial charge on any atom is 0.416 e. The minimum Gasteiger partial charge on any atom is -0.454 e. The minimum absolute atomic E-state index is 0. The van der Waals surface area contributed by atoms with Crippen molar-refractivity contribution < 1.29 is 33.7 Å². The largest absolute Gasteiger partial charge is 0.454 e. The third-order valence-electron chi connectivity index (χ3n) is 6.58. The molecule has 0 spiro atoms. The number of hydrogen-bond acceptors (Lipinski definition) is 4. The first-order valence-electron chi connectivity index (χ1n) is 11.2. The first kappa shape index (κ1) is 23.0. The number of alkyl halides is 3. The third-order valence-corrected chi connectivity index (χ3v) is 6.58. The average molecular weight is 483 g/mol. The fraction of sp³-hybridized carbons (Fsp3) is 0.259. The summed E-state index contributed by atoms with van der Waals surface area (Å²) in [5, 5.41) is 2.51. The molecular weight excluding hydrogens is 459 g/mol. The van der Waals surface area contributed by atoms with E-state index in [4.69, 9.17) is 9.47 Å². The summed E-state index contributed by atoms with van der Waals surface area (Å²) < 4.78 is 51.9. The van der Waals surface area contributed by atoms with Crippen molar-refractivity contribution in [2.45, 2.75) is 30.9 Å². The Bertz CT molecular complexity index is 1330. The summed E-state index contributed by atoms with van der Waals surface area (Å²) >= 11 is 0. The van der Waals surface area contributed by atoms with Gasteiger partial charge in [-0.2, -0.15) is 13.2 Å². The lowest BCUT2D eigenvalue weighted by molar-refractivity contribution is -0.137. The van der Waals surface area contributed by atoms with Crippen LogP contribution in [0.3, 0.4) is 0 Å². The van der Waals surface area contributed by atoms with Crippen LogP contribution in [0, 0.1) is 0 Å². The molecule has 1 amide bonds. The Labute approximate surface area is 201 Å². The fourth-order valence-corrected chi connectivity index (χ4v) is 4.51. The van der Waals surface area contributed by atoms with E-state index in [2.05, 4.69) is 5.32 Å². The maximum absolute atomic E-state index is 13.7. The van der Waals surface area contributed by atoms with E-state index in [1.165, 1.54) is 13.1 Å². The van der Waals surface area contributed by atoms with Crippen LogP contribution >= 0.6 is 0 Å². The Kier molecular flexibility index (Phi) is 5.54. The van der Waals surface area contributed by atoms with E-state index in [0.29, 0.717) is 41.0 Å². The standard InChI is InChI=1S/C27H22F3NO4.H2/c1-31-25(33)18-4-2-3-17(12-18)19-9-16(10-21(13-19)27(28,29)30)11-24(32)26(7-8-26)20-5-6-22-23(14-20)35-15-34-22;/h2-6,9-10,12-14H,7-8,11,15H2,1H3,(H,31,33);1H. The summed E-state index contributed by atoms with van der Waals surface area (Å²) in [7, 11) is 1.48. The van der Waals surface area contributed by atoms with Gasteiger partial charge in [0.15, 0.2) is 11.5 Å². The summed E-state index contributed by atoms with van der Waals surface area (Å²) in [6.07, 6.45) is -3.46. The van der Waals surface area contributed by atoms with Gasteiger partial charge in [-0.15, -0.1) is 0 Å². The van der Waals surface area contributed by atoms with E-state index in [0.717, 1.165) is 17.7 Å². The van der Waals surface area contributed by atoms with E-state index < -0.39 is 17.2 Å². The minimum atomic E-state index is -4.58. The molecule has 35 heavy (non-hydrogen) atoms. The number of hydrogen-bond donors (Lipinski definition) is 1. The van der Waals surface area contributed by atoms with Crippen molar-refractivity contribution in [3.63, 3.8) is 0 Å². The molecule has 0 radical (unpaired) electrons. The maximum atomic E-state index is 13.7. The van der Waals surface area contributed by atoms with Crippen molar-refractivity contribution in [3.05, 3.63) is 82.9 Å². The Morgan fingerprint density at radius 2 is 1.74 bits per heavy atom. The number of Topliss-reactive ketones (excluding diaryl/α,β-unsaturated/α-hetero) is 1. The SMILES string of the molecule is CNC(=O)c1cccc(-c2cc(CC(=O)C3(c4ccc5c(c4)OCO5)CC3)cc(C(F)(F)F)c2)c1.[HH]. The number of carbonyl (C=O) groups excluding carboxylic acids is 2. The van der Waals surface area contributed by atoms with Crippen LogP contribution in [0.15, 0.2) is 60.7 Å². The summed E-state index contributed by atoms with van der Waals surface area (Å²) in [4.78, 5) is 25.4. The zero-order valence-electron chi connectivity index (χ0n) is 18.9. The molecule has 0 unspecified atom stereocenters. The summed E-state index contributed by atoms with van der Waals surface area (Å²) in [6, 6.07) is 15.4. The topological polar surface area (TPSA) is 64.6 Å². The van der Waals surface area contributed by atoms with Gasteiger partial charge in [-0.3, -0.25) is 9.59 Å². The molecule has 5 nitrogen and oxygen atoms in total. The molecule has 1 aliphatic heterocycles. The molecular formula is C27H24F3NO4. The monoisotopic (exact) mass is 483 g/mol. The molecule has 0 aromatic heterocycles. The van der Waals surface area contributed by atoms with Gasteiger partial charge in [0.25, 0.3) is 5.91 Å². The van der Waals surface area contributed by atoms with Gasteiger partial charge in [0.1, 0.15) is 5.78 Å². The Morgan fingerprint density at radius 3 is 2.46 bits per heavy atom. The van der Waals surface area contributed by atoms with Gasteiger partial charge in [0.05, 0.1) is 11.0 Å². The molecule has 1 N–H and O–H groups in total. The number of amides is 1. The van der Waals surface area contributed by atoms with Crippen molar-refractivity contribution in [3.8, 4) is 22.6 Å². The van der Waals surface area contributed by atoms with Crippen LogP contribution in [0.1, 0.15) is 41.3 Å². The first-order valence-corrected chi connectivity index (χ1v) is 11.2. The van der Waals surface area contributed by atoms with Gasteiger partial charge in [-0.1, -0.05) is 24.3 Å². The second-order valence-corrected chi connectivity index (χ2v) is 8.83. The van der Waals surface area contributed by atoms with Crippen LogP contribution in [-0.4, -0.2) is 25.5 Å². The van der Waals surface area contributed by atoms with Crippen molar-refractivity contribution in [1.82, 2.24) is 5.32 Å². The second kappa shape index (κ2) is 8.45. The molecule has 1 fully saturated rings. The van der Waals surface area contributed by atoms with Crippen LogP contribution in [0.2, 0.25) is 0 Å². The molecule has 3 aromatic rings. The average Bonchev–Trinajstić information content (AvgIpc) is 3.53. The number of nitrogens with one attached hydrogen (secondary N) is 1. The molecule has 8 heteroatoms. The Hall–Kier alpha value is -3.81. The van der Waals surface area contributed by atoms with Gasteiger partial charge in [0.2, 0.25) is 6.79 Å². The first-order chi connectivity index (χ1) is 16.7. The zero-order chi connectivity index (χ0) is 24.8. The van der Waals surface area contributed by atoms with Gasteiger partial charge in [-0.05, 0) is 71.5 Å². The summed E-state index contributed by atoms with van der Waals surface area (Å²) in [5.41, 5.74) is 0.587. The highest BCUT2D eigenvalue weighted by Crippen LogP contribution is 2.51. The zero-order valence-corrected chi connectivity index (χ0v) is 18.9. The van der Waals surface area contributed by atoms with Crippen LogP contribution in [0.25, 0.3) is 11.1 Å². The Balaban J connectivity index is 0.00000304. The summed E-state index contributed by atoms with van der Waals surface area (Å²) in [5.74, 6) is 0.701. The molecule has 0 atom stereocenters. The van der Waals surface area contributed by atoms with Crippen molar-refractivity contribution in [1.29, 1.82) is 0 Å². The molecule has 5 rings (SSSR count). The van der Waals surface area contributed by atoms with Crippen LogP contribution in [0.5, 0.6) is 11.5 Å². The number of ether oxygens (including phenoxy) is 2. The van der Waals surface area contributed by atoms with E-state index in [1.807, 2.05) is 6.07 Å². The second-order valence-electron chi connectivity index (χ2n) is 8.83. The molecule has 3 aromatic carbocycles. The Morgan fingerprint density at radius 1 is 0.971 bits per heavy atom. The van der Waals surface area contributed by atoms with Crippen molar-refractivity contribution in [2.75, 3.05) is 13.8 Å². The molecule has 0 saturated heterocycles. The lowest BCUT2D eigenvalue weighted by Crippen LogP contribution is -2.22. The van der Waals surface area contributed by atoms with Crippen LogP contribution in [-0.2, 0) is 22.8 Å².